The van der Waals surface area contributed by atoms with Crippen molar-refractivity contribution in [1.29, 1.82) is 0 Å². The molecule has 0 unspecified atom stereocenters. The largest absolute Gasteiger partial charge is 0.370 e. The van der Waals surface area contributed by atoms with E-state index in [0.717, 1.165) is 18.4 Å². The van der Waals surface area contributed by atoms with E-state index < -0.39 is 10.0 Å². The average Bonchev–Trinajstić information content (AvgIpc) is 2.35. The van der Waals surface area contributed by atoms with E-state index >= 15 is 0 Å². The molecule has 19 heavy (non-hydrogen) atoms. The molecule has 0 amide bonds. The number of sulfonamides is 1. The number of hydrogen-bond acceptors (Lipinski definition) is 7. The highest BCUT2D eigenvalue weighted by Gasteiger charge is 2.10. The summed E-state index contributed by atoms with van der Waals surface area (Å²) in [5.41, 5.74) is 3.42. The van der Waals surface area contributed by atoms with Crippen molar-refractivity contribution in [1.82, 2.24) is 9.97 Å². The predicted molar refractivity (Wildman–Crippen MR) is 74.9 cm³/mol. The Kier molecular flexibility index (Phi) is 5.93. The van der Waals surface area contributed by atoms with E-state index in [1.807, 2.05) is 6.92 Å². The summed E-state index contributed by atoms with van der Waals surface area (Å²) in [5.74, 6) is 6.58. The lowest BCUT2D eigenvalue weighted by atomic mass is 10.1. The van der Waals surface area contributed by atoms with E-state index in [0.29, 0.717) is 24.6 Å². The van der Waals surface area contributed by atoms with Crippen molar-refractivity contribution >= 4 is 21.7 Å². The fourth-order valence-electron chi connectivity index (χ4n) is 1.66. The molecule has 6 N–H and O–H groups in total. The molecule has 8 nitrogen and oxygen atoms in total. The molecule has 108 valence electrons. The third-order valence-electron chi connectivity index (χ3n) is 2.48. The topological polar surface area (TPSA) is 136 Å². The average molecular weight is 288 g/mol. The van der Waals surface area contributed by atoms with Gasteiger partial charge in [0, 0.05) is 12.1 Å². The van der Waals surface area contributed by atoms with Gasteiger partial charge in [-0.3, -0.25) is 0 Å². The van der Waals surface area contributed by atoms with Gasteiger partial charge < -0.3 is 10.7 Å². The molecule has 1 aromatic heterocycles. The van der Waals surface area contributed by atoms with Crippen LogP contribution in [-0.4, -0.2) is 30.7 Å². The molecule has 0 spiro atoms. The van der Waals surface area contributed by atoms with Crippen LogP contribution in [0.1, 0.15) is 25.3 Å². The molecule has 0 aliphatic heterocycles. The smallest absolute Gasteiger partial charge is 0.209 e. The third kappa shape index (κ3) is 5.37. The molecule has 0 fully saturated rings. The number of hydrogen-bond donors (Lipinski definition) is 4. The minimum Gasteiger partial charge on any atom is -0.370 e. The summed E-state index contributed by atoms with van der Waals surface area (Å²) in [4.78, 5) is 8.18. The number of nitrogens with one attached hydrogen (secondary N) is 2. The summed E-state index contributed by atoms with van der Waals surface area (Å²) in [6, 6.07) is 0. The lowest BCUT2D eigenvalue weighted by Gasteiger charge is -2.13. The molecule has 0 atom stereocenters. The molecule has 1 aromatic rings. The Bertz CT molecular complexity index is 505. The Morgan fingerprint density at radius 1 is 1.32 bits per heavy atom. The van der Waals surface area contributed by atoms with Crippen molar-refractivity contribution in [2.24, 2.45) is 11.0 Å². The molecule has 0 saturated carbocycles. The van der Waals surface area contributed by atoms with Crippen molar-refractivity contribution in [3.05, 3.63) is 11.9 Å². The second-order valence-electron chi connectivity index (χ2n) is 4.09. The summed E-state index contributed by atoms with van der Waals surface area (Å²) < 4.78 is 21.6. The van der Waals surface area contributed by atoms with Gasteiger partial charge in [-0.05, 0) is 12.8 Å². The van der Waals surface area contributed by atoms with Crippen LogP contribution in [0.25, 0.3) is 0 Å². The Morgan fingerprint density at radius 2 is 2.00 bits per heavy atom. The van der Waals surface area contributed by atoms with Gasteiger partial charge in [0.25, 0.3) is 0 Å². The Hall–Kier alpha value is -1.45. The van der Waals surface area contributed by atoms with E-state index in [-0.39, 0.29) is 5.75 Å². The van der Waals surface area contributed by atoms with E-state index in [1.165, 1.54) is 6.33 Å². The normalized spacial score (nSPS) is 11.3. The highest BCUT2D eigenvalue weighted by Crippen LogP contribution is 2.20. The second-order valence-corrected chi connectivity index (χ2v) is 5.83. The molecule has 1 heterocycles. The van der Waals surface area contributed by atoms with Crippen LogP contribution < -0.4 is 21.7 Å². The van der Waals surface area contributed by atoms with Crippen LogP contribution in [0.3, 0.4) is 0 Å². The molecule has 0 aliphatic rings. The van der Waals surface area contributed by atoms with Gasteiger partial charge in [0.2, 0.25) is 10.0 Å². The summed E-state index contributed by atoms with van der Waals surface area (Å²) in [7, 11) is -3.42. The highest BCUT2D eigenvalue weighted by atomic mass is 32.2. The van der Waals surface area contributed by atoms with Crippen molar-refractivity contribution in [2.75, 3.05) is 23.0 Å². The summed E-state index contributed by atoms with van der Waals surface area (Å²) >= 11 is 0. The van der Waals surface area contributed by atoms with Gasteiger partial charge in [0.05, 0.1) is 5.75 Å². The zero-order valence-electron chi connectivity index (χ0n) is 10.9. The number of nitrogens with zero attached hydrogens (tertiary/aromatic N) is 2. The van der Waals surface area contributed by atoms with Gasteiger partial charge >= 0.3 is 0 Å². The quantitative estimate of drug-likeness (QED) is 0.295. The zero-order valence-corrected chi connectivity index (χ0v) is 11.7. The summed E-state index contributed by atoms with van der Waals surface area (Å²) in [6.07, 6.45) is 3.52. The van der Waals surface area contributed by atoms with Crippen LogP contribution in [0.5, 0.6) is 0 Å². The lowest BCUT2D eigenvalue weighted by molar-refractivity contribution is 0.595. The first-order valence-corrected chi connectivity index (χ1v) is 7.74. The van der Waals surface area contributed by atoms with Crippen molar-refractivity contribution in [2.45, 2.75) is 26.2 Å². The Labute approximate surface area is 113 Å². The first kappa shape index (κ1) is 15.6. The molecule has 0 saturated heterocycles. The van der Waals surface area contributed by atoms with Crippen LogP contribution in [0.15, 0.2) is 6.33 Å². The van der Waals surface area contributed by atoms with Crippen LogP contribution in [0, 0.1) is 0 Å². The Morgan fingerprint density at radius 3 is 2.58 bits per heavy atom. The number of nitrogens with two attached hydrogens (primary N) is 2. The monoisotopic (exact) mass is 288 g/mol. The fraction of sp³-hybridized carbons (Fsp3) is 0.600. The van der Waals surface area contributed by atoms with Gasteiger partial charge in [0.15, 0.2) is 0 Å². The van der Waals surface area contributed by atoms with Gasteiger partial charge in [-0.15, -0.1) is 0 Å². The number of rotatable bonds is 8. The number of hydrazine groups is 1. The maximum absolute atomic E-state index is 10.8. The van der Waals surface area contributed by atoms with Gasteiger partial charge in [-0.25, -0.2) is 29.4 Å². The van der Waals surface area contributed by atoms with Crippen molar-refractivity contribution < 1.29 is 8.42 Å². The van der Waals surface area contributed by atoms with E-state index in [9.17, 15) is 8.42 Å². The van der Waals surface area contributed by atoms with Crippen LogP contribution in [0.4, 0.5) is 11.6 Å². The van der Waals surface area contributed by atoms with E-state index in [1.54, 1.807) is 0 Å². The van der Waals surface area contributed by atoms with Crippen LogP contribution in [0.2, 0.25) is 0 Å². The lowest BCUT2D eigenvalue weighted by Crippen LogP contribution is -2.19. The van der Waals surface area contributed by atoms with Gasteiger partial charge in [0.1, 0.15) is 18.0 Å². The summed E-state index contributed by atoms with van der Waals surface area (Å²) in [5, 5.41) is 8.01. The first-order chi connectivity index (χ1) is 8.98. The minimum absolute atomic E-state index is 0.0593. The van der Waals surface area contributed by atoms with Crippen molar-refractivity contribution in [3.63, 3.8) is 0 Å². The predicted octanol–water partition coefficient (Wildman–Crippen LogP) is -0.195. The standard InChI is InChI=1S/C10H20N6O2S/c1-2-4-8-9(14-7-15-10(8)16-11)13-5-3-6-19(12,17)18/h7H,2-6,11H2,1H3,(H2,12,17,18)(H2,13,14,15,16). The second kappa shape index (κ2) is 7.22. The molecule has 0 aliphatic carbocycles. The molecule has 1 rings (SSSR count). The van der Waals surface area contributed by atoms with Gasteiger partial charge in [-0.1, -0.05) is 13.3 Å². The maximum atomic E-state index is 10.8. The highest BCUT2D eigenvalue weighted by molar-refractivity contribution is 7.89. The van der Waals surface area contributed by atoms with Crippen molar-refractivity contribution in [3.8, 4) is 0 Å². The Balaban J connectivity index is 2.67. The number of aromatic nitrogens is 2. The van der Waals surface area contributed by atoms with Crippen LogP contribution in [-0.2, 0) is 16.4 Å². The minimum atomic E-state index is -3.42. The molecular formula is C10H20N6O2S. The molecular weight excluding hydrogens is 268 g/mol. The number of anilines is 2. The molecule has 0 radical (unpaired) electrons. The van der Waals surface area contributed by atoms with E-state index in [2.05, 4.69) is 20.7 Å². The summed E-state index contributed by atoms with van der Waals surface area (Å²) in [6.45, 7) is 2.51. The van der Waals surface area contributed by atoms with E-state index in [4.69, 9.17) is 11.0 Å². The number of nitrogen functional groups attached to an aromatic ring is 1. The zero-order chi connectivity index (χ0) is 14.3. The third-order valence-corrected chi connectivity index (χ3v) is 3.34. The SMILES string of the molecule is CCCc1c(NN)ncnc1NCCCS(N)(=O)=O. The maximum Gasteiger partial charge on any atom is 0.209 e. The molecule has 0 bridgehead atoms. The molecule has 0 aromatic carbocycles. The fourth-order valence-corrected chi connectivity index (χ4v) is 2.20. The number of primary sulfonamides is 1. The molecule has 9 heteroatoms. The van der Waals surface area contributed by atoms with Gasteiger partial charge in [-0.2, -0.15) is 0 Å². The first-order valence-electron chi connectivity index (χ1n) is 6.02. The van der Waals surface area contributed by atoms with Crippen LogP contribution >= 0.6 is 0 Å².